The van der Waals surface area contributed by atoms with Crippen molar-refractivity contribution < 1.29 is 83.9 Å². The highest BCUT2D eigenvalue weighted by Crippen LogP contribution is 2.46. The van der Waals surface area contributed by atoms with E-state index in [1.807, 2.05) is 0 Å². The Morgan fingerprint density at radius 3 is 1.21 bits per heavy atom. The molecule has 20 heteroatoms. The summed E-state index contributed by atoms with van der Waals surface area (Å²) in [6.07, 6.45) is 0. The summed E-state index contributed by atoms with van der Waals surface area (Å²) in [4.78, 5) is 0. The minimum absolute atomic E-state index is 0.0179. The Balaban J connectivity index is 1.56. The summed E-state index contributed by atoms with van der Waals surface area (Å²) in [5.41, 5.74) is -2.55. The van der Waals surface area contributed by atoms with Gasteiger partial charge in [-0.15, -0.1) is 0 Å². The van der Waals surface area contributed by atoms with Crippen molar-refractivity contribution in [2.45, 2.75) is 0 Å². The van der Waals surface area contributed by atoms with Crippen LogP contribution in [0.3, 0.4) is 0 Å². The Hall–Kier alpha value is -6.47. The van der Waals surface area contributed by atoms with Crippen molar-refractivity contribution in [3.8, 4) is 22.6 Å². The summed E-state index contributed by atoms with van der Waals surface area (Å²) in [7, 11) is -3.54. The molecule has 8 rings (SSSR count). The second-order valence-corrected chi connectivity index (χ2v) is 12.3. The highest BCUT2D eigenvalue weighted by molar-refractivity contribution is 6.66. The van der Waals surface area contributed by atoms with Crippen LogP contribution >= 0.6 is 0 Å². The number of para-hydroxylation sites is 1. The van der Waals surface area contributed by atoms with Gasteiger partial charge in [-0.25, -0.2) is 70.2 Å². The van der Waals surface area contributed by atoms with E-state index in [4.69, 9.17) is 9.31 Å². The molecule has 0 heterocycles. The van der Waals surface area contributed by atoms with E-state index in [9.17, 15) is 22.0 Å². The molecule has 0 saturated heterocycles. The predicted molar refractivity (Wildman–Crippen MR) is 172 cm³/mol. The minimum atomic E-state index is -3.54. The second-order valence-electron chi connectivity index (χ2n) is 12.3. The van der Waals surface area contributed by atoms with Crippen LogP contribution in [0.4, 0.5) is 74.6 Å². The molecule has 0 fully saturated rings. The molecule has 0 unspecified atom stereocenters. The lowest BCUT2D eigenvalue weighted by atomic mass is 9.72. The lowest BCUT2D eigenvalue weighted by Crippen LogP contribution is -2.46. The molecule has 58 heavy (non-hydrogen) atoms. The van der Waals surface area contributed by atoms with Gasteiger partial charge < -0.3 is 9.31 Å². The molecule has 0 atom stereocenters. The summed E-state index contributed by atoms with van der Waals surface area (Å²) in [5, 5.41) is -15.9. The maximum atomic E-state index is 16.5. The number of rotatable bonds is 6. The van der Waals surface area contributed by atoms with E-state index in [0.29, 0.717) is 6.07 Å². The van der Waals surface area contributed by atoms with Gasteiger partial charge in [0.1, 0.15) is 5.75 Å². The first-order valence-electron chi connectivity index (χ1n) is 15.8. The Morgan fingerprint density at radius 2 is 0.672 bits per heavy atom. The molecule has 8 aromatic carbocycles. The van der Waals surface area contributed by atoms with Gasteiger partial charge in [0.05, 0.1) is 32.4 Å². The van der Waals surface area contributed by atoms with Crippen molar-refractivity contribution >= 4 is 55.7 Å². The van der Waals surface area contributed by atoms with E-state index in [0.717, 1.165) is 12.1 Å². The summed E-state index contributed by atoms with van der Waals surface area (Å²) < 4.78 is 271. The second kappa shape index (κ2) is 13.3. The fourth-order valence-electron chi connectivity index (χ4n) is 6.78. The zero-order valence-corrected chi connectivity index (χ0v) is 27.4. The van der Waals surface area contributed by atoms with Crippen LogP contribution in [0.1, 0.15) is 0 Å². The van der Waals surface area contributed by atoms with Crippen molar-refractivity contribution in [3.63, 3.8) is 0 Å². The third-order valence-electron chi connectivity index (χ3n) is 9.29. The van der Waals surface area contributed by atoms with Crippen LogP contribution in [0.2, 0.25) is 0 Å². The van der Waals surface area contributed by atoms with E-state index in [1.54, 1.807) is 0 Å². The van der Waals surface area contributed by atoms with Crippen LogP contribution in [-0.2, 0) is 0 Å². The number of benzene rings is 8. The van der Waals surface area contributed by atoms with Gasteiger partial charge in [-0.05, 0) is 11.6 Å². The molecule has 2 nitrogen and oxygen atoms in total. The summed E-state index contributed by atoms with van der Waals surface area (Å²) in [5.74, 6) is -48.4. The molecule has 0 bridgehead atoms. The van der Waals surface area contributed by atoms with Gasteiger partial charge in [0.25, 0.3) is 0 Å². The molecule has 0 radical (unpaired) electrons. The van der Waals surface area contributed by atoms with Gasteiger partial charge in [-0.3, -0.25) is 0 Å². The first kappa shape index (κ1) is 38.4. The zero-order valence-electron chi connectivity index (χ0n) is 27.4. The molecule has 0 spiro atoms. The Labute approximate surface area is 309 Å². The molecule has 0 saturated carbocycles. The van der Waals surface area contributed by atoms with Gasteiger partial charge in [-0.2, -0.15) is 4.39 Å². The normalized spacial score (nSPS) is 11.9. The van der Waals surface area contributed by atoms with Crippen LogP contribution in [-0.4, -0.2) is 7.12 Å². The molecule has 0 N–H and O–H groups in total. The van der Waals surface area contributed by atoms with Gasteiger partial charge in [0.15, 0.2) is 98.8 Å². The fraction of sp³-hybridized carbons (Fsp3) is 0. The zero-order chi connectivity index (χ0) is 42.0. The first-order valence-corrected chi connectivity index (χ1v) is 15.8. The summed E-state index contributed by atoms with van der Waals surface area (Å²) >= 11 is 0. The van der Waals surface area contributed by atoms with Crippen LogP contribution in [0.25, 0.3) is 54.2 Å². The average molecular weight is 830 g/mol. The Bertz CT molecular complexity index is 3070. The van der Waals surface area contributed by atoms with Gasteiger partial charge in [0, 0.05) is 21.7 Å². The number of hydrogen-bond acceptors (Lipinski definition) is 2. The van der Waals surface area contributed by atoms with Gasteiger partial charge in [-0.1, -0.05) is 42.5 Å². The molecule has 294 valence electrons. The number of hydrogen-bond donors (Lipinski definition) is 0. The molecular weight excluding hydrogens is 822 g/mol. The Morgan fingerprint density at radius 1 is 0.293 bits per heavy atom. The van der Waals surface area contributed by atoms with Crippen molar-refractivity contribution in [1.82, 2.24) is 0 Å². The van der Waals surface area contributed by atoms with Crippen LogP contribution in [0.15, 0.2) is 48.5 Å². The van der Waals surface area contributed by atoms with Gasteiger partial charge in [0.2, 0.25) is 5.82 Å². The maximum Gasteiger partial charge on any atom is 0.636 e. The highest BCUT2D eigenvalue weighted by Gasteiger charge is 2.44. The molecule has 0 aliphatic heterocycles. The summed E-state index contributed by atoms with van der Waals surface area (Å²) in [6, 6.07) is 9.35. The van der Waals surface area contributed by atoms with Crippen molar-refractivity contribution in [2.75, 3.05) is 0 Å². The third kappa shape index (κ3) is 5.08. The van der Waals surface area contributed by atoms with Crippen LogP contribution in [0, 0.1) is 98.9 Å². The van der Waals surface area contributed by atoms with E-state index in [-0.39, 0.29) is 5.56 Å². The molecular formula is C38H8BF17O2. The van der Waals surface area contributed by atoms with E-state index in [1.165, 1.54) is 30.3 Å². The predicted octanol–water partition coefficient (Wildman–Crippen LogP) is 11.6. The molecule has 8 aromatic rings. The van der Waals surface area contributed by atoms with Gasteiger partial charge >= 0.3 is 7.12 Å². The molecule has 0 aliphatic rings. The maximum absolute atomic E-state index is 16.5. The third-order valence-corrected chi connectivity index (χ3v) is 9.29. The lowest BCUT2D eigenvalue weighted by molar-refractivity contribution is 0.379. The van der Waals surface area contributed by atoms with E-state index in [2.05, 4.69) is 0 Å². The average Bonchev–Trinajstić information content (AvgIpc) is 3.20. The van der Waals surface area contributed by atoms with Crippen LogP contribution < -0.4 is 14.8 Å². The largest absolute Gasteiger partial charge is 0.636 e. The SMILES string of the molecule is Fc1cccc(-c2ccccc2)c1OB(Oc1c(F)c(F)c(F)c2c(F)c(F)c(F)c(F)c12)c1c(F)c(F)c2c(F)c(F)c3c(F)c(F)c(F)c4c(F)c(F)c1c2c34. The summed E-state index contributed by atoms with van der Waals surface area (Å²) in [6.45, 7) is 0. The van der Waals surface area contributed by atoms with Crippen LogP contribution in [0.5, 0.6) is 11.5 Å². The van der Waals surface area contributed by atoms with Crippen molar-refractivity contribution in [2.24, 2.45) is 0 Å². The number of fused-ring (bicyclic) bond motifs is 1. The minimum Gasteiger partial charge on any atom is -0.519 e. The van der Waals surface area contributed by atoms with Crippen molar-refractivity contribution in [3.05, 3.63) is 147 Å². The lowest BCUT2D eigenvalue weighted by Gasteiger charge is -2.24. The molecule has 0 amide bonds. The quantitative estimate of drug-likeness (QED) is 0.0546. The Kier molecular flexibility index (Phi) is 8.81. The number of halogens is 17. The molecule has 0 aliphatic carbocycles. The van der Waals surface area contributed by atoms with E-state index < -0.39 is 172 Å². The standard InChI is InChI=1S/C38H8BF17O2/c40-11-8-4-7-10(9-5-2-1-3-6-9)37(11)57-39(58-38-19-18(29(49)35(55)36(38)56)28(48)33(53)34(54)30(19)50)20-14-12-13-16(22(42)21(14)41)26(46)32(52)27(47)17(13)24(44)23(43)15(12)25(45)31(20)51/h1-8H. The van der Waals surface area contributed by atoms with Crippen molar-refractivity contribution in [1.29, 1.82) is 0 Å². The fourth-order valence-corrected chi connectivity index (χ4v) is 6.78. The first-order chi connectivity index (χ1) is 27.4. The topological polar surface area (TPSA) is 18.5 Å². The monoisotopic (exact) mass is 830 g/mol. The smallest absolute Gasteiger partial charge is 0.519 e. The highest BCUT2D eigenvalue weighted by atomic mass is 19.2. The molecule has 0 aromatic heterocycles. The van der Waals surface area contributed by atoms with E-state index >= 15 is 52.7 Å².